The highest BCUT2D eigenvalue weighted by Crippen LogP contribution is 2.42. The average Bonchev–Trinajstić information content (AvgIpc) is 3.58. The van der Waals surface area contributed by atoms with Crippen molar-refractivity contribution >= 4 is 17.8 Å². The quantitative estimate of drug-likeness (QED) is 0.358. The number of carbonyl (C=O) groups excluding carboxylic acids is 2. The van der Waals surface area contributed by atoms with E-state index in [1.165, 1.54) is 0 Å². The molecular formula is C28H42F2N6O4. The maximum Gasteiger partial charge on any atom is 0.408 e. The third kappa shape index (κ3) is 8.02. The molecule has 0 bridgehead atoms. The molecule has 2 fully saturated rings. The van der Waals surface area contributed by atoms with E-state index in [0.717, 1.165) is 18.4 Å². The number of nitrogens with one attached hydrogen (secondary N) is 2. The lowest BCUT2D eigenvalue weighted by Crippen LogP contribution is -2.40. The number of amides is 2. The van der Waals surface area contributed by atoms with E-state index in [1.54, 1.807) is 37.7 Å². The van der Waals surface area contributed by atoms with Crippen LogP contribution in [0.15, 0.2) is 18.5 Å². The van der Waals surface area contributed by atoms with Gasteiger partial charge in [-0.3, -0.25) is 0 Å². The molecule has 12 heteroatoms. The number of alkyl halides is 2. The van der Waals surface area contributed by atoms with Crippen molar-refractivity contribution in [3.63, 3.8) is 0 Å². The predicted octanol–water partition coefficient (Wildman–Crippen LogP) is 5.28. The number of primary amides is 1. The van der Waals surface area contributed by atoms with Crippen LogP contribution in [0.5, 0.6) is 0 Å². The number of imidazole rings is 1. The molecule has 40 heavy (non-hydrogen) atoms. The van der Waals surface area contributed by atoms with E-state index in [9.17, 15) is 18.4 Å². The fourth-order valence-corrected chi connectivity index (χ4v) is 5.29. The molecule has 2 amide bonds. The van der Waals surface area contributed by atoms with Crippen molar-refractivity contribution in [1.82, 2.24) is 25.2 Å². The number of aromatic nitrogens is 3. The molecule has 2 heterocycles. The van der Waals surface area contributed by atoms with Gasteiger partial charge < -0.3 is 25.8 Å². The molecule has 3 atom stereocenters. The van der Waals surface area contributed by atoms with Crippen molar-refractivity contribution < 1.29 is 27.8 Å². The van der Waals surface area contributed by atoms with Crippen LogP contribution in [0.1, 0.15) is 96.5 Å². The van der Waals surface area contributed by atoms with Gasteiger partial charge in [-0.15, -0.1) is 0 Å². The molecule has 2 aliphatic rings. The Balaban J connectivity index is 1.56. The van der Waals surface area contributed by atoms with E-state index in [1.807, 2.05) is 19.9 Å². The molecule has 2 saturated carbocycles. The lowest BCUT2D eigenvalue weighted by atomic mass is 9.81. The summed E-state index contributed by atoms with van der Waals surface area (Å²) in [4.78, 5) is 28.8. The molecule has 0 aliphatic heterocycles. The van der Waals surface area contributed by atoms with Crippen LogP contribution < -0.4 is 16.4 Å². The second-order valence-corrected chi connectivity index (χ2v) is 12.5. The number of ether oxygens (including phenoxy) is 2. The summed E-state index contributed by atoms with van der Waals surface area (Å²) in [7, 11) is 0. The van der Waals surface area contributed by atoms with Crippen molar-refractivity contribution in [2.45, 2.75) is 103 Å². The van der Waals surface area contributed by atoms with Gasteiger partial charge in [0.05, 0.1) is 24.1 Å². The van der Waals surface area contributed by atoms with Crippen LogP contribution in [-0.4, -0.2) is 51.0 Å². The minimum Gasteiger partial charge on any atom is -0.445 e. The highest BCUT2D eigenvalue weighted by atomic mass is 19.3. The first-order chi connectivity index (χ1) is 18.7. The highest BCUT2D eigenvalue weighted by molar-refractivity contribution is 5.68. The Kier molecular flexibility index (Phi) is 8.86. The largest absolute Gasteiger partial charge is 0.445 e. The summed E-state index contributed by atoms with van der Waals surface area (Å²) in [6.45, 7) is 9.69. The van der Waals surface area contributed by atoms with Crippen LogP contribution in [0.25, 0.3) is 5.65 Å². The molecule has 2 aromatic heterocycles. The van der Waals surface area contributed by atoms with Gasteiger partial charge in [0.25, 0.3) is 0 Å². The fraction of sp³-hybridized carbons (Fsp3) is 0.714. The average molecular weight is 565 g/mol. The summed E-state index contributed by atoms with van der Waals surface area (Å²) in [5.74, 6) is -2.39. The normalized spacial score (nSPS) is 20.2. The minimum absolute atomic E-state index is 0.00774. The van der Waals surface area contributed by atoms with Gasteiger partial charge in [0, 0.05) is 25.4 Å². The van der Waals surface area contributed by atoms with Crippen molar-refractivity contribution in [1.29, 1.82) is 0 Å². The summed E-state index contributed by atoms with van der Waals surface area (Å²) in [5, 5.41) is 11.0. The molecule has 0 unspecified atom stereocenters. The lowest BCUT2D eigenvalue weighted by Gasteiger charge is -2.33. The second kappa shape index (κ2) is 11.8. The summed E-state index contributed by atoms with van der Waals surface area (Å²) >= 11 is 0. The number of hydrogen-bond acceptors (Lipinski definition) is 7. The van der Waals surface area contributed by atoms with E-state index >= 15 is 0 Å². The zero-order valence-corrected chi connectivity index (χ0v) is 24.0. The van der Waals surface area contributed by atoms with Crippen molar-refractivity contribution in [2.24, 2.45) is 23.5 Å². The smallest absolute Gasteiger partial charge is 0.408 e. The van der Waals surface area contributed by atoms with E-state index in [0.29, 0.717) is 23.8 Å². The zero-order chi connectivity index (χ0) is 29.2. The topological polar surface area (TPSA) is 133 Å². The third-order valence-electron chi connectivity index (χ3n) is 7.59. The number of alkyl carbamates (subject to hydrolysis) is 1. The molecular weight excluding hydrogens is 522 g/mol. The number of hydrogen-bond donors (Lipinski definition) is 3. The van der Waals surface area contributed by atoms with Gasteiger partial charge in [-0.1, -0.05) is 13.8 Å². The molecule has 10 nitrogen and oxygen atoms in total. The van der Waals surface area contributed by atoms with E-state index in [-0.39, 0.29) is 49.7 Å². The number of nitrogens with zero attached hydrogens (tertiary/aromatic N) is 3. The Bertz CT molecular complexity index is 1180. The third-order valence-corrected chi connectivity index (χ3v) is 7.59. The Morgan fingerprint density at radius 1 is 1.15 bits per heavy atom. The minimum atomic E-state index is -2.69. The van der Waals surface area contributed by atoms with E-state index < -0.39 is 29.8 Å². The molecule has 0 saturated heterocycles. The molecule has 0 spiro atoms. The lowest BCUT2D eigenvalue weighted by molar-refractivity contribution is -0.0500. The molecule has 4 rings (SSSR count). The van der Waals surface area contributed by atoms with Crippen LogP contribution in [-0.2, 0) is 9.47 Å². The maximum absolute atomic E-state index is 13.9. The van der Waals surface area contributed by atoms with Crippen LogP contribution in [0.2, 0.25) is 0 Å². The number of nitrogens with two attached hydrogens (primary N) is 1. The Hall–Kier alpha value is -3.02. The Morgan fingerprint density at radius 3 is 2.38 bits per heavy atom. The molecule has 0 aromatic carbocycles. The van der Waals surface area contributed by atoms with Crippen molar-refractivity contribution in [3.05, 3.63) is 29.7 Å². The molecule has 4 N–H and O–H groups in total. The zero-order valence-electron chi connectivity index (χ0n) is 24.0. The van der Waals surface area contributed by atoms with Crippen LogP contribution in [0.4, 0.5) is 18.4 Å². The highest BCUT2D eigenvalue weighted by Gasteiger charge is 2.40. The van der Waals surface area contributed by atoms with Crippen LogP contribution >= 0.6 is 0 Å². The number of fused-ring (bicyclic) bond motifs is 1. The number of carbonyl (C=O) groups is 2. The number of rotatable bonds is 10. The van der Waals surface area contributed by atoms with Gasteiger partial charge >= 0.3 is 12.2 Å². The summed E-state index contributed by atoms with van der Waals surface area (Å²) < 4.78 is 40.2. The molecule has 222 valence electrons. The standard InChI is InChI=1S/C28H42F2N6O4/c1-16(2)21(39-25(31)37)14-32-23(17-6-7-17)19-12-22-34-20(15-36(22)33-13-19)24(35-26(38)40-27(3,4)5)18-8-10-28(29,30)11-9-18/h12-13,15-18,21,23-24,32H,6-11,14H2,1-5H3,(H2,31,37)(H,35,38)/t21-,23+,24-/m0/s1. The first-order valence-electron chi connectivity index (χ1n) is 14.1. The Labute approximate surface area is 233 Å². The van der Waals surface area contributed by atoms with Crippen molar-refractivity contribution in [2.75, 3.05) is 6.54 Å². The van der Waals surface area contributed by atoms with E-state index in [4.69, 9.17) is 20.2 Å². The summed E-state index contributed by atoms with van der Waals surface area (Å²) in [6, 6.07) is 1.35. The van der Waals surface area contributed by atoms with Crippen LogP contribution in [0.3, 0.4) is 0 Å². The SMILES string of the molecule is CC(C)[C@H](CN[C@@H](c1cnn2cc([C@@H](NC(=O)OC(C)(C)C)C3CCC(F)(F)CC3)nc2c1)C1CC1)OC(N)=O. The van der Waals surface area contributed by atoms with Gasteiger partial charge in [-0.05, 0) is 75.8 Å². The first kappa shape index (κ1) is 30.0. The molecule has 0 radical (unpaired) electrons. The maximum atomic E-state index is 13.9. The molecule has 2 aliphatic carbocycles. The van der Waals surface area contributed by atoms with Gasteiger partial charge in [0.15, 0.2) is 5.65 Å². The van der Waals surface area contributed by atoms with Crippen molar-refractivity contribution in [3.8, 4) is 0 Å². The van der Waals surface area contributed by atoms with Gasteiger partial charge in [0.2, 0.25) is 5.92 Å². The van der Waals surface area contributed by atoms with Gasteiger partial charge in [-0.2, -0.15) is 5.10 Å². The van der Waals surface area contributed by atoms with Gasteiger partial charge in [0.1, 0.15) is 11.7 Å². The fourth-order valence-electron chi connectivity index (χ4n) is 5.29. The van der Waals surface area contributed by atoms with E-state index in [2.05, 4.69) is 15.7 Å². The predicted molar refractivity (Wildman–Crippen MR) is 145 cm³/mol. The monoisotopic (exact) mass is 564 g/mol. The number of halogens is 2. The first-order valence-corrected chi connectivity index (χ1v) is 14.1. The van der Waals surface area contributed by atoms with Gasteiger partial charge in [-0.25, -0.2) is 27.9 Å². The molecule has 2 aromatic rings. The summed E-state index contributed by atoms with van der Waals surface area (Å²) in [6.07, 6.45) is 3.95. The summed E-state index contributed by atoms with van der Waals surface area (Å²) in [5.41, 5.74) is 6.64. The van der Waals surface area contributed by atoms with Crippen LogP contribution in [0, 0.1) is 17.8 Å². The Morgan fingerprint density at radius 2 is 1.80 bits per heavy atom. The second-order valence-electron chi connectivity index (χ2n) is 12.5.